The molecular formula is C26H21F5N4O4S. The van der Waals surface area contributed by atoms with E-state index in [0.29, 0.717) is 35.9 Å². The minimum absolute atomic E-state index is 0.143. The molecule has 0 atom stereocenters. The highest BCUT2D eigenvalue weighted by Gasteiger charge is 2.38. The second-order valence-electron chi connectivity index (χ2n) is 8.29. The van der Waals surface area contributed by atoms with Gasteiger partial charge in [0.15, 0.2) is 5.82 Å². The lowest BCUT2D eigenvalue weighted by Gasteiger charge is -2.23. The second-order valence-corrected chi connectivity index (χ2v) is 10.0. The van der Waals surface area contributed by atoms with Gasteiger partial charge in [-0.05, 0) is 54.4 Å². The highest BCUT2D eigenvalue weighted by Crippen LogP contribution is 2.39. The lowest BCUT2D eigenvalue weighted by atomic mass is 10.0. The van der Waals surface area contributed by atoms with E-state index in [9.17, 15) is 26.4 Å². The van der Waals surface area contributed by atoms with Crippen LogP contribution in [-0.4, -0.2) is 42.6 Å². The molecule has 1 amide bonds. The Hall–Kier alpha value is -4.33. The molecule has 0 fully saturated rings. The van der Waals surface area contributed by atoms with Crippen LogP contribution in [0.25, 0.3) is 22.4 Å². The van der Waals surface area contributed by atoms with Crippen molar-refractivity contribution in [1.82, 2.24) is 14.8 Å². The zero-order chi connectivity index (χ0) is 29.0. The predicted molar refractivity (Wildman–Crippen MR) is 134 cm³/mol. The monoisotopic (exact) mass is 580 g/mol. The van der Waals surface area contributed by atoms with Gasteiger partial charge in [-0.2, -0.15) is 9.40 Å². The summed E-state index contributed by atoms with van der Waals surface area (Å²) in [6.45, 7) is 0.190. The molecule has 0 bridgehead atoms. The summed E-state index contributed by atoms with van der Waals surface area (Å²) in [5.74, 6) is -5.35. The molecule has 2 aromatic carbocycles. The average Bonchev–Trinajstić information content (AvgIpc) is 3.34. The summed E-state index contributed by atoms with van der Waals surface area (Å²) in [6, 6.07) is 5.81. The van der Waals surface area contributed by atoms with Gasteiger partial charge in [-0.1, -0.05) is 6.92 Å². The van der Waals surface area contributed by atoms with Gasteiger partial charge in [-0.25, -0.2) is 35.2 Å². The maximum absolute atomic E-state index is 16.2. The fourth-order valence-electron chi connectivity index (χ4n) is 3.81. The molecular weight excluding hydrogens is 559 g/mol. The predicted octanol–water partition coefficient (Wildman–Crippen LogP) is 5.88. The number of aryl methyl sites for hydroxylation is 1. The number of benzene rings is 2. The Kier molecular flexibility index (Phi) is 8.47. The number of pyridine rings is 1. The Morgan fingerprint density at radius 2 is 1.73 bits per heavy atom. The topological polar surface area (TPSA) is 94.4 Å². The number of halogens is 5. The zero-order valence-electron chi connectivity index (χ0n) is 20.8. The van der Waals surface area contributed by atoms with Gasteiger partial charge in [0.25, 0.3) is 10.0 Å². The lowest BCUT2D eigenvalue weighted by Crippen LogP contribution is -2.39. The summed E-state index contributed by atoms with van der Waals surface area (Å²) >= 11 is 0. The van der Waals surface area contributed by atoms with Crippen molar-refractivity contribution in [2.75, 3.05) is 17.6 Å². The molecule has 0 unspecified atom stereocenters. The van der Waals surface area contributed by atoms with E-state index in [0.717, 1.165) is 4.68 Å². The van der Waals surface area contributed by atoms with Gasteiger partial charge in [0.05, 0.1) is 18.7 Å². The molecule has 2 aromatic heterocycles. The summed E-state index contributed by atoms with van der Waals surface area (Å²) in [5, 5.41) is 4.09. The number of aromatic nitrogens is 3. The maximum Gasteiger partial charge on any atom is 0.428 e. The number of nitrogens with zero attached hydrogens (tertiary/aromatic N) is 4. The fourth-order valence-corrected chi connectivity index (χ4v) is 5.23. The van der Waals surface area contributed by atoms with Crippen LogP contribution in [0.4, 0.5) is 32.4 Å². The molecule has 14 heteroatoms. The molecule has 210 valence electrons. The van der Waals surface area contributed by atoms with E-state index >= 15 is 8.78 Å². The minimum atomic E-state index is -5.34. The van der Waals surface area contributed by atoms with Crippen LogP contribution in [0.1, 0.15) is 13.3 Å². The molecule has 0 aliphatic rings. The first-order valence-corrected chi connectivity index (χ1v) is 13.2. The lowest BCUT2D eigenvalue weighted by molar-refractivity contribution is 0.157. The molecule has 0 aliphatic carbocycles. The summed E-state index contributed by atoms with van der Waals surface area (Å²) in [6.07, 6.45) is 2.74. The first kappa shape index (κ1) is 28.7. The van der Waals surface area contributed by atoms with E-state index in [-0.39, 0.29) is 35.1 Å². The summed E-state index contributed by atoms with van der Waals surface area (Å²) in [7, 11) is -5.34. The van der Waals surface area contributed by atoms with Crippen molar-refractivity contribution in [3.05, 3.63) is 84.3 Å². The molecule has 0 N–H and O–H groups in total. The van der Waals surface area contributed by atoms with E-state index in [4.69, 9.17) is 4.74 Å². The fraction of sp³-hybridized carbons (Fsp3) is 0.192. The highest BCUT2D eigenvalue weighted by atomic mass is 32.2. The largest absolute Gasteiger partial charge is 0.448 e. The Balaban J connectivity index is 1.97. The van der Waals surface area contributed by atoms with Gasteiger partial charge in [0.2, 0.25) is 0 Å². The Labute approximate surface area is 225 Å². The Morgan fingerprint density at radius 3 is 2.40 bits per heavy atom. The van der Waals surface area contributed by atoms with Crippen LogP contribution in [0.5, 0.6) is 0 Å². The first-order chi connectivity index (χ1) is 19.1. The van der Waals surface area contributed by atoms with Crippen molar-refractivity contribution < 1.29 is 39.9 Å². The van der Waals surface area contributed by atoms with Crippen molar-refractivity contribution in [2.24, 2.45) is 0 Å². The van der Waals surface area contributed by atoms with Crippen LogP contribution < -0.4 is 4.31 Å². The average molecular weight is 581 g/mol. The summed E-state index contributed by atoms with van der Waals surface area (Å²) in [4.78, 5) is 15.6. The minimum Gasteiger partial charge on any atom is -0.448 e. The van der Waals surface area contributed by atoms with Gasteiger partial charge in [0.1, 0.15) is 40.4 Å². The molecule has 4 aromatic rings. The summed E-state index contributed by atoms with van der Waals surface area (Å²) < 4.78 is 106. The number of hydrogen-bond acceptors (Lipinski definition) is 6. The highest BCUT2D eigenvalue weighted by molar-refractivity contribution is 7.93. The van der Waals surface area contributed by atoms with E-state index in [1.54, 1.807) is 6.92 Å². The second kappa shape index (κ2) is 11.8. The van der Waals surface area contributed by atoms with Crippen LogP contribution in [0.3, 0.4) is 0 Å². The van der Waals surface area contributed by atoms with E-state index in [1.165, 1.54) is 30.7 Å². The van der Waals surface area contributed by atoms with Gasteiger partial charge in [-0.15, -0.1) is 0 Å². The van der Waals surface area contributed by atoms with Crippen LogP contribution in [-0.2, 0) is 21.3 Å². The Bertz CT molecular complexity index is 1650. The number of carbonyl (C=O) groups is 1. The van der Waals surface area contributed by atoms with Crippen molar-refractivity contribution in [3.8, 4) is 22.4 Å². The third-order valence-electron chi connectivity index (χ3n) is 5.60. The van der Waals surface area contributed by atoms with E-state index in [1.807, 2.05) is 0 Å². The van der Waals surface area contributed by atoms with Crippen LogP contribution in [0, 0.1) is 23.3 Å². The molecule has 8 nitrogen and oxygen atoms in total. The molecule has 2 heterocycles. The van der Waals surface area contributed by atoms with Gasteiger partial charge >= 0.3 is 6.09 Å². The van der Waals surface area contributed by atoms with Gasteiger partial charge < -0.3 is 4.74 Å². The third-order valence-corrected chi connectivity index (χ3v) is 7.30. The molecule has 0 radical (unpaired) electrons. The molecule has 0 saturated heterocycles. The van der Waals surface area contributed by atoms with Gasteiger partial charge in [0, 0.05) is 24.2 Å². The number of ether oxygens (including phenoxy) is 1. The number of hydrogen-bond donors (Lipinski definition) is 0. The van der Waals surface area contributed by atoms with Crippen LogP contribution in [0.15, 0.2) is 66.0 Å². The SMILES string of the molecule is CCCOC(=O)N(c1ccc(F)c(-c2nn(CCF)cc2-c2ccncc2)c1F)S(=O)(=O)c1cc(F)ccc1F. The Morgan fingerprint density at radius 1 is 1.02 bits per heavy atom. The molecule has 4 rings (SSSR count). The van der Waals surface area contributed by atoms with Crippen LogP contribution >= 0.6 is 0 Å². The number of carbonyl (C=O) groups excluding carboxylic acids is 1. The standard InChI is InChI=1S/C26H21F5N4O4S/c1-2-13-39-26(36)35(40(37,38)22-14-17(28)3-4-19(22)29)21-6-5-20(30)23(24(21)31)25-18(15-34(33-25)12-9-27)16-7-10-32-11-8-16/h3-8,10-11,14-15H,2,9,12-13H2,1H3. The van der Waals surface area contributed by atoms with Crippen molar-refractivity contribution in [1.29, 1.82) is 0 Å². The number of sulfonamides is 1. The molecule has 0 aliphatic heterocycles. The third kappa shape index (κ3) is 5.52. The number of anilines is 1. The summed E-state index contributed by atoms with van der Waals surface area (Å²) in [5.41, 5.74) is -1.70. The molecule has 0 spiro atoms. The maximum atomic E-state index is 16.2. The quantitative estimate of drug-likeness (QED) is 0.230. The molecule has 40 heavy (non-hydrogen) atoms. The first-order valence-electron chi connectivity index (χ1n) is 11.8. The molecule has 0 saturated carbocycles. The van der Waals surface area contributed by atoms with Crippen molar-refractivity contribution >= 4 is 21.8 Å². The zero-order valence-corrected chi connectivity index (χ0v) is 21.6. The van der Waals surface area contributed by atoms with E-state index < -0.39 is 62.2 Å². The van der Waals surface area contributed by atoms with Crippen molar-refractivity contribution in [3.63, 3.8) is 0 Å². The van der Waals surface area contributed by atoms with E-state index in [2.05, 4.69) is 10.1 Å². The van der Waals surface area contributed by atoms with Gasteiger partial charge in [-0.3, -0.25) is 9.67 Å². The van der Waals surface area contributed by atoms with Crippen molar-refractivity contribution in [2.45, 2.75) is 24.8 Å². The smallest absolute Gasteiger partial charge is 0.428 e. The number of rotatable bonds is 9. The number of amides is 1. The van der Waals surface area contributed by atoms with Crippen LogP contribution in [0.2, 0.25) is 0 Å². The number of alkyl halides is 1. The normalized spacial score (nSPS) is 11.4.